The maximum Gasteiger partial charge on any atom is 0.332 e. The number of hydrogen-bond donors (Lipinski definition) is 1. The van der Waals surface area contributed by atoms with E-state index < -0.39 is 18.2 Å². The molecule has 0 aliphatic carbocycles. The molecule has 1 N–H and O–H groups in total. The highest BCUT2D eigenvalue weighted by molar-refractivity contribution is 5.83. The molecule has 18 heavy (non-hydrogen) atoms. The highest BCUT2D eigenvalue weighted by Crippen LogP contribution is 2.26. The number of carbonyl (C=O) groups excluding carboxylic acids is 1. The van der Waals surface area contributed by atoms with Gasteiger partial charge in [0, 0.05) is 12.6 Å². The van der Waals surface area contributed by atoms with Crippen molar-refractivity contribution in [1.82, 2.24) is 4.90 Å². The van der Waals surface area contributed by atoms with E-state index in [4.69, 9.17) is 9.84 Å². The molecule has 5 heteroatoms. The first kappa shape index (κ1) is 13.3. The predicted octanol–water partition coefficient (Wildman–Crippen LogP) is 1.27. The van der Waals surface area contributed by atoms with Gasteiger partial charge < -0.3 is 14.7 Å². The summed E-state index contributed by atoms with van der Waals surface area (Å²) in [4.78, 5) is 25.0. The first-order valence-corrected chi connectivity index (χ1v) is 6.67. The monoisotopic (exact) mass is 255 g/mol. The van der Waals surface area contributed by atoms with Crippen LogP contribution in [0.15, 0.2) is 0 Å². The largest absolute Gasteiger partial charge is 0.479 e. The number of piperidine rings is 1. The number of aliphatic carboxylic acids is 1. The Morgan fingerprint density at radius 2 is 1.78 bits per heavy atom. The zero-order valence-corrected chi connectivity index (χ0v) is 11.0. The highest BCUT2D eigenvalue weighted by Gasteiger charge is 2.39. The molecule has 2 fully saturated rings. The Hall–Kier alpha value is -1.10. The number of carboxylic acids is 1. The van der Waals surface area contributed by atoms with Crippen LogP contribution >= 0.6 is 0 Å². The van der Waals surface area contributed by atoms with E-state index in [1.807, 2.05) is 11.8 Å². The second kappa shape index (κ2) is 5.26. The smallest absolute Gasteiger partial charge is 0.332 e. The lowest BCUT2D eigenvalue weighted by atomic mass is 9.94. The summed E-state index contributed by atoms with van der Waals surface area (Å²) in [6.07, 6.45) is 1.75. The number of ether oxygens (including phenoxy) is 1. The molecule has 2 heterocycles. The highest BCUT2D eigenvalue weighted by atomic mass is 16.5. The molecule has 0 spiro atoms. The predicted molar refractivity (Wildman–Crippen MR) is 65.1 cm³/mol. The van der Waals surface area contributed by atoms with E-state index >= 15 is 0 Å². The molecule has 4 atom stereocenters. The van der Waals surface area contributed by atoms with Crippen LogP contribution in [0, 0.1) is 5.92 Å². The fourth-order valence-electron chi connectivity index (χ4n) is 2.78. The third-order valence-electron chi connectivity index (χ3n) is 3.97. The molecule has 0 radical (unpaired) electrons. The van der Waals surface area contributed by atoms with Gasteiger partial charge in [-0.1, -0.05) is 6.92 Å². The van der Waals surface area contributed by atoms with E-state index in [9.17, 15) is 9.59 Å². The number of rotatable bonds is 2. The fourth-order valence-corrected chi connectivity index (χ4v) is 2.78. The second-order valence-electron chi connectivity index (χ2n) is 5.55. The van der Waals surface area contributed by atoms with Gasteiger partial charge >= 0.3 is 5.97 Å². The van der Waals surface area contributed by atoms with E-state index in [1.165, 1.54) is 0 Å². The molecule has 0 aromatic rings. The maximum absolute atomic E-state index is 12.3. The number of carbonyl (C=O) groups is 2. The van der Waals surface area contributed by atoms with Crippen LogP contribution in [0.3, 0.4) is 0 Å². The summed E-state index contributed by atoms with van der Waals surface area (Å²) < 4.78 is 5.33. The van der Waals surface area contributed by atoms with E-state index in [1.54, 1.807) is 0 Å². The molecule has 2 aliphatic rings. The molecule has 2 saturated heterocycles. The minimum absolute atomic E-state index is 0.0298. The standard InChI is InChI=1S/C13H21NO4/c1-8-3-4-9(2)14(7-8)12(15)10-5-6-11(18-10)13(16)17/h8-11H,3-7H2,1-2H3,(H,16,17)/t8?,9?,10-,11+/m0/s1. The zero-order valence-electron chi connectivity index (χ0n) is 11.0. The average molecular weight is 255 g/mol. The Kier molecular flexibility index (Phi) is 3.90. The summed E-state index contributed by atoms with van der Waals surface area (Å²) in [5.41, 5.74) is 0. The van der Waals surface area contributed by atoms with Crippen molar-refractivity contribution in [1.29, 1.82) is 0 Å². The van der Waals surface area contributed by atoms with Crippen molar-refractivity contribution in [3.8, 4) is 0 Å². The van der Waals surface area contributed by atoms with Gasteiger partial charge in [0.2, 0.25) is 0 Å². The number of hydrogen-bond acceptors (Lipinski definition) is 3. The first-order valence-electron chi connectivity index (χ1n) is 6.67. The van der Waals surface area contributed by atoms with Gasteiger partial charge in [0.05, 0.1) is 0 Å². The third-order valence-corrected chi connectivity index (χ3v) is 3.97. The lowest BCUT2D eigenvalue weighted by Gasteiger charge is -2.38. The molecule has 1 amide bonds. The molecular formula is C13H21NO4. The first-order chi connectivity index (χ1) is 8.49. The summed E-state index contributed by atoms with van der Waals surface area (Å²) in [6, 6.07) is 0.237. The molecule has 5 nitrogen and oxygen atoms in total. The SMILES string of the molecule is CC1CCC(C)N(C(=O)[C@@H]2CC[C@H](C(=O)O)O2)C1. The Bertz CT molecular complexity index is 344. The molecule has 0 aromatic carbocycles. The number of amides is 1. The fraction of sp³-hybridized carbons (Fsp3) is 0.846. The van der Waals surface area contributed by atoms with E-state index in [2.05, 4.69) is 6.92 Å². The van der Waals surface area contributed by atoms with Gasteiger partial charge in [-0.25, -0.2) is 4.79 Å². The van der Waals surface area contributed by atoms with Gasteiger partial charge in [-0.05, 0) is 38.5 Å². The summed E-state index contributed by atoms with van der Waals surface area (Å²) >= 11 is 0. The van der Waals surface area contributed by atoms with Crippen molar-refractivity contribution in [2.75, 3.05) is 6.54 Å². The third kappa shape index (κ3) is 2.66. The van der Waals surface area contributed by atoms with Crippen LogP contribution in [-0.2, 0) is 14.3 Å². The Balaban J connectivity index is 1.97. The van der Waals surface area contributed by atoms with Gasteiger partial charge in [0.25, 0.3) is 5.91 Å². The molecule has 2 rings (SSSR count). The average Bonchev–Trinajstić information content (AvgIpc) is 2.81. The summed E-state index contributed by atoms with van der Waals surface area (Å²) in [6.45, 7) is 4.95. The van der Waals surface area contributed by atoms with Crippen molar-refractivity contribution >= 4 is 11.9 Å². The lowest BCUT2D eigenvalue weighted by molar-refractivity contribution is -0.156. The van der Waals surface area contributed by atoms with Gasteiger partial charge in [-0.3, -0.25) is 4.79 Å². The number of nitrogens with zero attached hydrogens (tertiary/aromatic N) is 1. The number of likely N-dealkylation sites (tertiary alicyclic amines) is 1. The van der Waals surface area contributed by atoms with Crippen LogP contribution in [0.1, 0.15) is 39.5 Å². The molecule has 102 valence electrons. The molecular weight excluding hydrogens is 234 g/mol. The molecule has 0 bridgehead atoms. The normalized spacial score (nSPS) is 36.7. The van der Waals surface area contributed by atoms with Crippen molar-refractivity contribution in [3.05, 3.63) is 0 Å². The van der Waals surface area contributed by atoms with Crippen LogP contribution in [0.5, 0.6) is 0 Å². The van der Waals surface area contributed by atoms with Crippen LogP contribution < -0.4 is 0 Å². The van der Waals surface area contributed by atoms with Gasteiger partial charge in [-0.15, -0.1) is 0 Å². The van der Waals surface area contributed by atoms with Crippen LogP contribution in [-0.4, -0.2) is 46.7 Å². The minimum atomic E-state index is -0.967. The van der Waals surface area contributed by atoms with Crippen molar-refractivity contribution in [3.63, 3.8) is 0 Å². The molecule has 2 unspecified atom stereocenters. The summed E-state index contributed by atoms with van der Waals surface area (Å²) in [5.74, 6) is -0.481. The van der Waals surface area contributed by atoms with Crippen LogP contribution in [0.4, 0.5) is 0 Å². The summed E-state index contributed by atoms with van der Waals surface area (Å²) in [7, 11) is 0. The summed E-state index contributed by atoms with van der Waals surface area (Å²) in [5, 5.41) is 8.87. The van der Waals surface area contributed by atoms with E-state index in [0.717, 1.165) is 19.4 Å². The van der Waals surface area contributed by atoms with Gasteiger partial charge in [0.1, 0.15) is 6.10 Å². The number of carboxylic acid groups (broad SMARTS) is 1. The van der Waals surface area contributed by atoms with Crippen LogP contribution in [0.25, 0.3) is 0 Å². The van der Waals surface area contributed by atoms with Crippen molar-refractivity contribution < 1.29 is 19.4 Å². The molecule has 0 saturated carbocycles. The van der Waals surface area contributed by atoms with Crippen molar-refractivity contribution in [2.45, 2.75) is 57.8 Å². The van der Waals surface area contributed by atoms with Gasteiger partial charge in [0.15, 0.2) is 6.10 Å². The van der Waals surface area contributed by atoms with Crippen LogP contribution in [0.2, 0.25) is 0 Å². The Labute approximate surface area is 107 Å². The lowest BCUT2D eigenvalue weighted by Crippen LogP contribution is -2.49. The maximum atomic E-state index is 12.3. The minimum Gasteiger partial charge on any atom is -0.479 e. The Morgan fingerprint density at radius 1 is 1.11 bits per heavy atom. The quantitative estimate of drug-likeness (QED) is 0.806. The molecule has 0 aromatic heterocycles. The van der Waals surface area contributed by atoms with Crippen molar-refractivity contribution in [2.24, 2.45) is 5.92 Å². The van der Waals surface area contributed by atoms with E-state index in [0.29, 0.717) is 18.8 Å². The Morgan fingerprint density at radius 3 is 2.39 bits per heavy atom. The van der Waals surface area contributed by atoms with Gasteiger partial charge in [-0.2, -0.15) is 0 Å². The second-order valence-corrected chi connectivity index (χ2v) is 5.55. The zero-order chi connectivity index (χ0) is 13.3. The van der Waals surface area contributed by atoms with E-state index in [-0.39, 0.29) is 11.9 Å². The topological polar surface area (TPSA) is 66.8 Å². The molecule has 2 aliphatic heterocycles.